The van der Waals surface area contributed by atoms with Gasteiger partial charge in [-0.1, -0.05) is 60.1 Å². The first-order valence-corrected chi connectivity index (χ1v) is 13.7. The maximum atomic E-state index is 13.7. The van der Waals surface area contributed by atoms with Gasteiger partial charge in [0.1, 0.15) is 5.78 Å². The van der Waals surface area contributed by atoms with Gasteiger partial charge in [0.25, 0.3) is 0 Å². The normalized spacial score (nSPS) is 51.3. The van der Waals surface area contributed by atoms with Crippen molar-refractivity contribution in [3.63, 3.8) is 0 Å². The third-order valence-corrected chi connectivity index (χ3v) is 12.9. The van der Waals surface area contributed by atoms with Crippen molar-refractivity contribution in [2.75, 3.05) is 0 Å². The predicted molar refractivity (Wildman–Crippen MR) is 133 cm³/mol. The number of carboxylic acid groups (broad SMARTS) is 1. The molecule has 4 fully saturated rings. The van der Waals surface area contributed by atoms with Crippen LogP contribution in [0.2, 0.25) is 0 Å². The van der Waals surface area contributed by atoms with Gasteiger partial charge < -0.3 is 10.2 Å². The third kappa shape index (κ3) is 2.75. The summed E-state index contributed by atoms with van der Waals surface area (Å²) < 4.78 is 0. The lowest BCUT2D eigenvalue weighted by Gasteiger charge is -2.70. The van der Waals surface area contributed by atoms with Crippen molar-refractivity contribution in [3.05, 3.63) is 11.6 Å². The number of hydrogen-bond acceptors (Lipinski definition) is 3. The summed E-state index contributed by atoms with van der Waals surface area (Å²) >= 11 is 0. The highest BCUT2D eigenvalue weighted by molar-refractivity contribution is 5.87. The number of hydrogen-bond donors (Lipinski definition) is 2. The monoisotopic (exact) mass is 470 g/mol. The number of carbonyl (C=O) groups excluding carboxylic acids is 1. The Hall–Kier alpha value is -1.16. The molecule has 4 nitrogen and oxygen atoms in total. The van der Waals surface area contributed by atoms with Crippen molar-refractivity contribution in [2.45, 2.75) is 112 Å². The van der Waals surface area contributed by atoms with E-state index in [0.29, 0.717) is 0 Å². The Kier molecular flexibility index (Phi) is 5.04. The smallest absolute Gasteiger partial charge is 0.310 e. The number of aliphatic carboxylic acids is 1. The van der Waals surface area contributed by atoms with Gasteiger partial charge in [0, 0.05) is 11.8 Å². The average molecular weight is 471 g/mol. The molecule has 190 valence electrons. The maximum Gasteiger partial charge on any atom is 0.310 e. The Morgan fingerprint density at radius 3 is 2.24 bits per heavy atom. The van der Waals surface area contributed by atoms with E-state index in [1.807, 2.05) is 0 Å². The number of rotatable bonds is 1. The Morgan fingerprint density at radius 2 is 1.59 bits per heavy atom. The highest BCUT2D eigenvalue weighted by Gasteiger charge is 2.71. The Bertz CT molecular complexity index is 961. The summed E-state index contributed by atoms with van der Waals surface area (Å²) in [7, 11) is 0. The molecule has 0 spiro atoms. The average Bonchev–Trinajstić information content (AvgIpc) is 2.72. The minimum absolute atomic E-state index is 0.0391. The van der Waals surface area contributed by atoms with E-state index >= 15 is 0 Å². The number of ketones is 1. The van der Waals surface area contributed by atoms with Crippen molar-refractivity contribution in [1.82, 2.24) is 0 Å². The summed E-state index contributed by atoms with van der Waals surface area (Å²) in [4.78, 5) is 26.5. The van der Waals surface area contributed by atoms with Crippen LogP contribution >= 0.6 is 0 Å². The van der Waals surface area contributed by atoms with Crippen LogP contribution in [0.3, 0.4) is 0 Å². The van der Waals surface area contributed by atoms with E-state index in [1.54, 1.807) is 0 Å². The molecule has 0 radical (unpaired) electrons. The van der Waals surface area contributed by atoms with Gasteiger partial charge in [0.2, 0.25) is 0 Å². The number of allylic oxidation sites excluding steroid dienone is 2. The second-order valence-electron chi connectivity index (χ2n) is 14.9. The van der Waals surface area contributed by atoms with Crippen LogP contribution in [0.25, 0.3) is 0 Å². The number of aliphatic hydroxyl groups is 1. The van der Waals surface area contributed by atoms with Gasteiger partial charge in [-0.3, -0.25) is 9.59 Å². The first-order valence-electron chi connectivity index (χ1n) is 13.7. The number of carbonyl (C=O) groups is 2. The highest BCUT2D eigenvalue weighted by Crippen LogP contribution is 2.75. The van der Waals surface area contributed by atoms with E-state index in [-0.39, 0.29) is 51.6 Å². The number of aliphatic hydroxyl groups excluding tert-OH is 1. The van der Waals surface area contributed by atoms with Crippen LogP contribution < -0.4 is 0 Å². The van der Waals surface area contributed by atoms with Gasteiger partial charge in [-0.05, 0) is 90.8 Å². The Balaban J connectivity index is 1.63. The van der Waals surface area contributed by atoms with Gasteiger partial charge in [0.05, 0.1) is 11.5 Å². The summed E-state index contributed by atoms with van der Waals surface area (Å²) in [5.41, 5.74) is 0.101. The van der Waals surface area contributed by atoms with Crippen molar-refractivity contribution in [1.29, 1.82) is 0 Å². The fourth-order valence-corrected chi connectivity index (χ4v) is 10.3. The molecule has 5 rings (SSSR count). The molecule has 5 aliphatic rings. The van der Waals surface area contributed by atoms with Gasteiger partial charge >= 0.3 is 5.97 Å². The Labute approximate surface area is 206 Å². The lowest BCUT2D eigenvalue weighted by molar-refractivity contribution is -0.203. The molecular weight excluding hydrogens is 424 g/mol. The van der Waals surface area contributed by atoms with E-state index in [1.165, 1.54) is 5.57 Å². The third-order valence-electron chi connectivity index (χ3n) is 12.9. The molecule has 0 amide bonds. The lowest BCUT2D eigenvalue weighted by Crippen LogP contribution is -2.67. The minimum atomic E-state index is -0.627. The van der Waals surface area contributed by atoms with Crippen LogP contribution in [0.5, 0.6) is 0 Å². The molecule has 5 aliphatic carbocycles. The molecule has 34 heavy (non-hydrogen) atoms. The van der Waals surface area contributed by atoms with Crippen molar-refractivity contribution in [2.24, 2.45) is 50.2 Å². The molecule has 0 heterocycles. The fraction of sp³-hybridized carbons (Fsp3) is 0.867. The van der Waals surface area contributed by atoms with Crippen molar-refractivity contribution >= 4 is 11.8 Å². The van der Waals surface area contributed by atoms with Crippen LogP contribution in [-0.2, 0) is 9.59 Å². The SMILES string of the molecule is CC1(C)CC[C@]2(C(=O)O)CC[C@]3(C)C(=CC[C@H]4[C@]5(C)C(=O)C[C@H](O)C(C)(C)[C@@H]5CC[C@]43C)[C@H]2C1. The quantitative estimate of drug-likeness (QED) is 0.434. The second kappa shape index (κ2) is 6.99. The molecular formula is C30H46O4. The van der Waals surface area contributed by atoms with Crippen LogP contribution in [0, 0.1) is 50.2 Å². The fourth-order valence-electron chi connectivity index (χ4n) is 10.3. The van der Waals surface area contributed by atoms with E-state index in [2.05, 4.69) is 54.5 Å². The zero-order chi connectivity index (χ0) is 25.1. The molecule has 0 aromatic heterocycles. The number of Topliss-reactive ketones (excluding diaryl/α,β-unsaturated/α-hetero) is 1. The van der Waals surface area contributed by atoms with E-state index in [0.717, 1.165) is 51.4 Å². The molecule has 4 heteroatoms. The Morgan fingerprint density at radius 1 is 0.941 bits per heavy atom. The maximum absolute atomic E-state index is 13.7. The standard InChI is InChI=1S/C30H46O4/c1-25(2)12-14-30(24(33)34)15-13-27(5)18(19(30)17-25)8-9-21-28(27,6)11-10-20-26(3,4)22(31)16-23(32)29(20,21)7/h8,19-22,31H,9-17H2,1-7H3,(H,33,34)/t19-,20+,21-,22+,27-,28-,29-,30+/m1/s1. The molecule has 0 unspecified atom stereocenters. The van der Waals surface area contributed by atoms with Crippen LogP contribution in [0.1, 0.15) is 106 Å². The summed E-state index contributed by atoms with van der Waals surface area (Å²) in [6.07, 6.45) is 9.32. The minimum Gasteiger partial charge on any atom is -0.481 e. The zero-order valence-corrected chi connectivity index (χ0v) is 22.5. The largest absolute Gasteiger partial charge is 0.481 e. The summed E-state index contributed by atoms with van der Waals surface area (Å²) in [5.74, 6) is 0.160. The van der Waals surface area contributed by atoms with E-state index in [4.69, 9.17) is 0 Å². The van der Waals surface area contributed by atoms with Crippen LogP contribution in [0.15, 0.2) is 11.6 Å². The summed E-state index contributed by atoms with van der Waals surface area (Å²) in [6.45, 7) is 16.0. The first-order chi connectivity index (χ1) is 15.6. The molecule has 0 saturated heterocycles. The highest BCUT2D eigenvalue weighted by atomic mass is 16.4. The summed E-state index contributed by atoms with van der Waals surface area (Å²) in [5, 5.41) is 21.3. The number of carboxylic acids is 1. The topological polar surface area (TPSA) is 74.6 Å². The van der Waals surface area contributed by atoms with Crippen LogP contribution in [0.4, 0.5) is 0 Å². The molecule has 0 bridgehead atoms. The number of fused-ring (bicyclic) bond motifs is 7. The van der Waals surface area contributed by atoms with Crippen LogP contribution in [-0.4, -0.2) is 28.1 Å². The molecule has 4 saturated carbocycles. The molecule has 0 aromatic rings. The lowest BCUT2D eigenvalue weighted by atomic mass is 9.33. The van der Waals surface area contributed by atoms with Gasteiger partial charge in [-0.2, -0.15) is 0 Å². The van der Waals surface area contributed by atoms with Gasteiger partial charge in [-0.25, -0.2) is 0 Å². The second-order valence-corrected chi connectivity index (χ2v) is 14.9. The van der Waals surface area contributed by atoms with Gasteiger partial charge in [0.15, 0.2) is 0 Å². The van der Waals surface area contributed by atoms with E-state index in [9.17, 15) is 19.8 Å². The van der Waals surface area contributed by atoms with E-state index < -0.39 is 22.9 Å². The molecule has 8 atom stereocenters. The van der Waals surface area contributed by atoms with Crippen molar-refractivity contribution in [3.8, 4) is 0 Å². The first kappa shape index (κ1) is 24.5. The summed E-state index contributed by atoms with van der Waals surface area (Å²) in [6, 6.07) is 0. The zero-order valence-electron chi connectivity index (χ0n) is 22.5. The molecule has 0 aliphatic heterocycles. The van der Waals surface area contributed by atoms with Gasteiger partial charge in [-0.15, -0.1) is 0 Å². The predicted octanol–water partition coefficient (Wildman–Crippen LogP) is 6.41. The molecule has 2 N–H and O–H groups in total. The van der Waals surface area contributed by atoms with Crippen molar-refractivity contribution < 1.29 is 19.8 Å². The molecule has 0 aromatic carbocycles.